The van der Waals surface area contributed by atoms with E-state index in [4.69, 9.17) is 4.74 Å². The van der Waals surface area contributed by atoms with Crippen molar-refractivity contribution in [3.63, 3.8) is 0 Å². The highest BCUT2D eigenvalue weighted by Crippen LogP contribution is 2.27. The molecular weight excluding hydrogens is 254 g/mol. The molecule has 1 aliphatic carbocycles. The lowest BCUT2D eigenvalue weighted by Crippen LogP contribution is -2.14. The predicted octanol–water partition coefficient (Wildman–Crippen LogP) is 2.17. The number of ether oxygens (including phenoxy) is 1. The van der Waals surface area contributed by atoms with Crippen LogP contribution in [0.3, 0.4) is 0 Å². The molecule has 2 aromatic rings. The average molecular weight is 267 g/mol. The van der Waals surface area contributed by atoms with Crippen molar-refractivity contribution < 1.29 is 9.53 Å². The van der Waals surface area contributed by atoms with Gasteiger partial charge in [0.2, 0.25) is 5.90 Å². The van der Waals surface area contributed by atoms with Crippen molar-refractivity contribution in [1.82, 2.24) is 10.4 Å². The van der Waals surface area contributed by atoms with Gasteiger partial charge in [0.1, 0.15) is 11.7 Å². The molecule has 4 rings (SSSR count). The minimum Gasteiger partial charge on any atom is -0.473 e. The Morgan fingerprint density at radius 1 is 1.30 bits per heavy atom. The van der Waals surface area contributed by atoms with Crippen LogP contribution < -0.4 is 5.43 Å². The third kappa shape index (κ3) is 1.87. The van der Waals surface area contributed by atoms with Gasteiger partial charge in [0.15, 0.2) is 0 Å². The van der Waals surface area contributed by atoms with Crippen LogP contribution in [0, 0.1) is 0 Å². The number of nitrogens with zero attached hydrogens (tertiary/aromatic N) is 1. The number of nitrogens with one attached hydrogen (secondary N) is 2. The lowest BCUT2D eigenvalue weighted by molar-refractivity contribution is -0.116. The molecule has 0 radical (unpaired) electrons. The van der Waals surface area contributed by atoms with E-state index in [0.717, 1.165) is 29.3 Å². The number of hydrazone groups is 1. The first-order valence-electron chi connectivity index (χ1n) is 6.64. The lowest BCUT2D eigenvalue weighted by Gasteiger charge is -2.02. The van der Waals surface area contributed by atoms with Gasteiger partial charge in [0, 0.05) is 22.7 Å². The van der Waals surface area contributed by atoms with Crippen molar-refractivity contribution in [2.75, 3.05) is 0 Å². The summed E-state index contributed by atoms with van der Waals surface area (Å²) < 4.78 is 5.65. The Kier molecular flexibility index (Phi) is 2.39. The minimum atomic E-state index is -0.217. The van der Waals surface area contributed by atoms with Crippen LogP contribution >= 0.6 is 0 Å². The highest BCUT2D eigenvalue weighted by Gasteiger charge is 2.31. The summed E-state index contributed by atoms with van der Waals surface area (Å²) in [5.74, 6) is 0.189. The number of hydrogen-bond donors (Lipinski definition) is 2. The van der Waals surface area contributed by atoms with Crippen LogP contribution in [0.4, 0.5) is 0 Å². The summed E-state index contributed by atoms with van der Waals surface area (Å²) in [4.78, 5) is 15.1. The number of carbonyl (C=O) groups is 1. The maximum absolute atomic E-state index is 11.9. The summed E-state index contributed by atoms with van der Waals surface area (Å²) in [6, 6.07) is 7.97. The van der Waals surface area contributed by atoms with E-state index in [9.17, 15) is 4.79 Å². The Bertz CT molecular complexity index is 753. The van der Waals surface area contributed by atoms with Gasteiger partial charge in [-0.15, -0.1) is 5.10 Å². The summed E-state index contributed by atoms with van der Waals surface area (Å²) in [7, 11) is 0. The van der Waals surface area contributed by atoms with E-state index in [0.29, 0.717) is 11.5 Å². The molecular formula is C15H13N3O2. The van der Waals surface area contributed by atoms with E-state index in [1.807, 2.05) is 36.5 Å². The molecule has 0 bridgehead atoms. The van der Waals surface area contributed by atoms with Gasteiger partial charge in [-0.1, -0.05) is 18.2 Å². The summed E-state index contributed by atoms with van der Waals surface area (Å²) in [6.07, 6.45) is 5.99. The summed E-state index contributed by atoms with van der Waals surface area (Å²) in [5.41, 5.74) is 4.95. The Labute approximate surface area is 115 Å². The van der Waals surface area contributed by atoms with Gasteiger partial charge in [0.05, 0.1) is 0 Å². The van der Waals surface area contributed by atoms with Crippen molar-refractivity contribution in [1.29, 1.82) is 0 Å². The fourth-order valence-electron chi connectivity index (χ4n) is 2.25. The highest BCUT2D eigenvalue weighted by atomic mass is 16.5. The first-order chi connectivity index (χ1) is 9.81. The third-order valence-corrected chi connectivity index (χ3v) is 3.46. The zero-order valence-electron chi connectivity index (χ0n) is 10.7. The van der Waals surface area contributed by atoms with Crippen molar-refractivity contribution in [3.05, 3.63) is 41.6 Å². The SMILES string of the molecule is O=C1NN=C(OC2CC2)C1=Cc1c[nH]c2ccccc12. The quantitative estimate of drug-likeness (QED) is 0.819. The molecule has 2 N–H and O–H groups in total. The standard InChI is InChI=1S/C15H13N3O2/c19-14-12(15(18-17-14)20-10-5-6-10)7-9-8-16-13-4-2-1-3-11(9)13/h1-4,7-8,10,16H,5-6H2,(H,17,19). The first-order valence-corrected chi connectivity index (χ1v) is 6.64. The summed E-state index contributed by atoms with van der Waals surface area (Å²) >= 11 is 0. The smallest absolute Gasteiger partial charge is 0.277 e. The van der Waals surface area contributed by atoms with Crippen molar-refractivity contribution in [2.45, 2.75) is 18.9 Å². The number of hydrogen-bond acceptors (Lipinski definition) is 3. The monoisotopic (exact) mass is 267 g/mol. The Balaban J connectivity index is 1.73. The van der Waals surface area contributed by atoms with Gasteiger partial charge < -0.3 is 9.72 Å². The van der Waals surface area contributed by atoms with E-state index >= 15 is 0 Å². The summed E-state index contributed by atoms with van der Waals surface area (Å²) in [5, 5.41) is 5.03. The number of aromatic amines is 1. The molecule has 1 aliphatic heterocycles. The van der Waals surface area contributed by atoms with Gasteiger partial charge in [-0.25, -0.2) is 5.43 Å². The van der Waals surface area contributed by atoms with Crippen LogP contribution in [0.1, 0.15) is 18.4 Å². The number of rotatable bonds is 2. The molecule has 5 nitrogen and oxygen atoms in total. The van der Waals surface area contributed by atoms with Crippen LogP contribution in [0.25, 0.3) is 17.0 Å². The van der Waals surface area contributed by atoms with Crippen molar-refractivity contribution >= 4 is 28.8 Å². The van der Waals surface area contributed by atoms with E-state index < -0.39 is 0 Å². The second-order valence-electron chi connectivity index (χ2n) is 5.02. The van der Waals surface area contributed by atoms with E-state index in [-0.39, 0.29) is 12.0 Å². The minimum absolute atomic E-state index is 0.216. The van der Waals surface area contributed by atoms with Crippen molar-refractivity contribution in [3.8, 4) is 0 Å². The van der Waals surface area contributed by atoms with Gasteiger partial charge in [-0.2, -0.15) is 0 Å². The molecule has 1 saturated carbocycles. The van der Waals surface area contributed by atoms with E-state index in [1.54, 1.807) is 0 Å². The van der Waals surface area contributed by atoms with E-state index in [1.165, 1.54) is 0 Å². The zero-order chi connectivity index (χ0) is 13.5. The molecule has 0 atom stereocenters. The molecule has 1 aromatic heterocycles. The molecule has 2 aliphatic rings. The number of amides is 1. The molecule has 1 amide bonds. The number of aromatic nitrogens is 1. The highest BCUT2D eigenvalue weighted by molar-refractivity contribution is 6.25. The first kappa shape index (κ1) is 11.3. The maximum atomic E-state index is 11.9. The number of H-pyrrole nitrogens is 1. The largest absolute Gasteiger partial charge is 0.473 e. The van der Waals surface area contributed by atoms with Gasteiger partial charge in [0.25, 0.3) is 5.91 Å². The normalized spacial score (nSPS) is 20.3. The predicted molar refractivity (Wildman–Crippen MR) is 76.0 cm³/mol. The number of para-hydroxylation sites is 1. The molecule has 0 unspecified atom stereocenters. The fourth-order valence-corrected chi connectivity index (χ4v) is 2.25. The fraction of sp³-hybridized carbons (Fsp3) is 0.200. The van der Waals surface area contributed by atoms with Gasteiger partial charge >= 0.3 is 0 Å². The summed E-state index contributed by atoms with van der Waals surface area (Å²) in [6.45, 7) is 0. The number of carbonyl (C=O) groups excluding carboxylic acids is 1. The molecule has 0 spiro atoms. The second-order valence-corrected chi connectivity index (χ2v) is 5.02. The lowest BCUT2D eigenvalue weighted by atomic mass is 10.1. The van der Waals surface area contributed by atoms with Gasteiger partial charge in [-0.05, 0) is 25.0 Å². The third-order valence-electron chi connectivity index (χ3n) is 3.46. The Morgan fingerprint density at radius 2 is 2.15 bits per heavy atom. The molecule has 0 saturated heterocycles. The van der Waals surface area contributed by atoms with Crippen LogP contribution in [0.15, 0.2) is 41.1 Å². The Morgan fingerprint density at radius 3 is 3.00 bits per heavy atom. The topological polar surface area (TPSA) is 66.5 Å². The second kappa shape index (κ2) is 4.23. The number of benzene rings is 1. The van der Waals surface area contributed by atoms with E-state index in [2.05, 4.69) is 15.5 Å². The Hall–Kier alpha value is -2.56. The zero-order valence-corrected chi connectivity index (χ0v) is 10.7. The maximum Gasteiger partial charge on any atom is 0.277 e. The molecule has 5 heteroatoms. The van der Waals surface area contributed by atoms with Crippen LogP contribution in [0.5, 0.6) is 0 Å². The van der Waals surface area contributed by atoms with Crippen molar-refractivity contribution in [2.24, 2.45) is 5.10 Å². The molecule has 1 fully saturated rings. The van der Waals surface area contributed by atoms with Crippen LogP contribution in [-0.4, -0.2) is 22.9 Å². The van der Waals surface area contributed by atoms with Gasteiger partial charge in [-0.3, -0.25) is 4.79 Å². The molecule has 20 heavy (non-hydrogen) atoms. The molecule has 100 valence electrons. The molecule has 1 aromatic carbocycles. The number of fused-ring (bicyclic) bond motifs is 1. The van der Waals surface area contributed by atoms with Crippen LogP contribution in [-0.2, 0) is 9.53 Å². The molecule has 2 heterocycles. The average Bonchev–Trinajstić information content (AvgIpc) is 3.10. The van der Waals surface area contributed by atoms with Crippen LogP contribution in [0.2, 0.25) is 0 Å².